The molecule has 0 aliphatic carbocycles. The number of halogens is 1. The van der Waals surface area contributed by atoms with Gasteiger partial charge in [0.25, 0.3) is 0 Å². The fourth-order valence-electron chi connectivity index (χ4n) is 2.06. The highest BCUT2D eigenvalue weighted by Gasteiger charge is 2.15. The summed E-state index contributed by atoms with van der Waals surface area (Å²) in [4.78, 5) is 11.0. The molecule has 3 N–H and O–H groups in total. The molecule has 0 aliphatic rings. The second-order valence-electron chi connectivity index (χ2n) is 4.54. The van der Waals surface area contributed by atoms with E-state index in [2.05, 4.69) is 0 Å². The zero-order chi connectivity index (χ0) is 13.7. The standard InChI is InChI=1S/C16H17NO2.ClH/c17-11-15(16(18)19)10-12-5-4-8-14(9-12)13-6-2-1-3-7-13;/h1-9,15H,10-11,17H2,(H,18,19);1H/t15-;/m0./s1. The molecule has 2 rings (SSSR count). The van der Waals surface area contributed by atoms with Crippen molar-refractivity contribution in [1.29, 1.82) is 0 Å². The van der Waals surface area contributed by atoms with Gasteiger partial charge < -0.3 is 10.8 Å². The van der Waals surface area contributed by atoms with Crippen molar-refractivity contribution in [1.82, 2.24) is 0 Å². The van der Waals surface area contributed by atoms with Gasteiger partial charge in [0.2, 0.25) is 0 Å². The van der Waals surface area contributed by atoms with Gasteiger partial charge in [-0.15, -0.1) is 12.4 Å². The second-order valence-corrected chi connectivity index (χ2v) is 4.54. The first kappa shape index (κ1) is 16.2. The van der Waals surface area contributed by atoms with Crippen molar-refractivity contribution >= 4 is 18.4 Å². The molecular formula is C16H18ClNO2. The van der Waals surface area contributed by atoms with Crippen LogP contribution in [0.1, 0.15) is 5.56 Å². The Labute approximate surface area is 124 Å². The highest BCUT2D eigenvalue weighted by molar-refractivity contribution is 5.85. The van der Waals surface area contributed by atoms with Crippen LogP contribution in [-0.4, -0.2) is 17.6 Å². The SMILES string of the molecule is Cl.NC[C@H](Cc1cccc(-c2ccccc2)c1)C(=O)O. The summed E-state index contributed by atoms with van der Waals surface area (Å²) >= 11 is 0. The number of nitrogens with two attached hydrogens (primary N) is 1. The maximum atomic E-state index is 11.0. The minimum atomic E-state index is -0.840. The summed E-state index contributed by atoms with van der Waals surface area (Å²) in [5, 5.41) is 9.04. The van der Waals surface area contributed by atoms with Crippen LogP contribution in [0, 0.1) is 5.92 Å². The zero-order valence-corrected chi connectivity index (χ0v) is 11.8. The summed E-state index contributed by atoms with van der Waals surface area (Å²) < 4.78 is 0. The molecule has 0 radical (unpaired) electrons. The Kier molecular flexibility index (Phi) is 6.22. The molecule has 0 unspecified atom stereocenters. The first-order valence-electron chi connectivity index (χ1n) is 6.28. The van der Waals surface area contributed by atoms with Crippen LogP contribution >= 0.6 is 12.4 Å². The second kappa shape index (κ2) is 7.68. The lowest BCUT2D eigenvalue weighted by atomic mass is 9.96. The van der Waals surface area contributed by atoms with E-state index < -0.39 is 11.9 Å². The first-order chi connectivity index (χ1) is 9.20. The van der Waals surface area contributed by atoms with Gasteiger partial charge >= 0.3 is 5.97 Å². The number of hydrogen-bond acceptors (Lipinski definition) is 2. The van der Waals surface area contributed by atoms with E-state index in [9.17, 15) is 4.79 Å². The summed E-state index contributed by atoms with van der Waals surface area (Å²) in [6.07, 6.45) is 0.465. The maximum absolute atomic E-state index is 11.0. The average Bonchev–Trinajstić information content (AvgIpc) is 2.45. The average molecular weight is 292 g/mol. The molecule has 0 heterocycles. The highest BCUT2D eigenvalue weighted by Crippen LogP contribution is 2.21. The maximum Gasteiger partial charge on any atom is 0.308 e. The quantitative estimate of drug-likeness (QED) is 0.890. The van der Waals surface area contributed by atoms with Gasteiger partial charge in [0.05, 0.1) is 5.92 Å². The molecule has 0 saturated heterocycles. The molecule has 0 aliphatic heterocycles. The smallest absolute Gasteiger partial charge is 0.308 e. The number of hydrogen-bond donors (Lipinski definition) is 2. The molecule has 0 amide bonds. The molecule has 2 aromatic rings. The number of benzene rings is 2. The summed E-state index contributed by atoms with van der Waals surface area (Å²) in [5.41, 5.74) is 8.71. The molecular weight excluding hydrogens is 274 g/mol. The van der Waals surface area contributed by atoms with Crippen molar-refractivity contribution in [3.8, 4) is 11.1 Å². The van der Waals surface area contributed by atoms with Crippen molar-refractivity contribution in [3.63, 3.8) is 0 Å². The van der Waals surface area contributed by atoms with Crippen LogP contribution in [0.4, 0.5) is 0 Å². The highest BCUT2D eigenvalue weighted by atomic mass is 35.5. The zero-order valence-electron chi connectivity index (χ0n) is 11.0. The summed E-state index contributed by atoms with van der Waals surface area (Å²) in [6, 6.07) is 18.0. The lowest BCUT2D eigenvalue weighted by molar-refractivity contribution is -0.141. The molecule has 106 valence electrons. The largest absolute Gasteiger partial charge is 0.481 e. The van der Waals surface area contributed by atoms with E-state index in [1.807, 2.05) is 54.6 Å². The van der Waals surface area contributed by atoms with E-state index in [4.69, 9.17) is 10.8 Å². The number of carbonyl (C=O) groups is 1. The monoisotopic (exact) mass is 291 g/mol. The van der Waals surface area contributed by atoms with Crippen LogP contribution in [0.5, 0.6) is 0 Å². The van der Waals surface area contributed by atoms with Crippen LogP contribution in [0.3, 0.4) is 0 Å². The first-order valence-corrected chi connectivity index (χ1v) is 6.28. The molecule has 3 nitrogen and oxygen atoms in total. The molecule has 0 spiro atoms. The van der Waals surface area contributed by atoms with Gasteiger partial charge in [-0.3, -0.25) is 4.79 Å². The van der Waals surface area contributed by atoms with Crippen molar-refractivity contribution in [2.45, 2.75) is 6.42 Å². The van der Waals surface area contributed by atoms with Gasteiger partial charge in [-0.2, -0.15) is 0 Å². The molecule has 0 saturated carbocycles. The molecule has 0 fully saturated rings. The van der Waals surface area contributed by atoms with Crippen LogP contribution in [0.15, 0.2) is 54.6 Å². The summed E-state index contributed by atoms with van der Waals surface area (Å²) in [6.45, 7) is 0.158. The lowest BCUT2D eigenvalue weighted by Gasteiger charge is -2.10. The van der Waals surface area contributed by atoms with Gasteiger partial charge in [0, 0.05) is 6.54 Å². The third kappa shape index (κ3) is 4.08. The minimum absolute atomic E-state index is 0. The Balaban J connectivity index is 0.00000200. The molecule has 4 heteroatoms. The summed E-state index contributed by atoms with van der Waals surface area (Å²) in [7, 11) is 0. The van der Waals surface area contributed by atoms with Crippen molar-refractivity contribution in [3.05, 3.63) is 60.2 Å². The van der Waals surface area contributed by atoms with E-state index in [-0.39, 0.29) is 19.0 Å². The van der Waals surface area contributed by atoms with Gasteiger partial charge in [-0.05, 0) is 23.1 Å². The Morgan fingerprint density at radius 1 is 1.05 bits per heavy atom. The fraction of sp³-hybridized carbons (Fsp3) is 0.188. The predicted octanol–water partition coefficient (Wildman–Crippen LogP) is 2.98. The van der Waals surface area contributed by atoms with Crippen molar-refractivity contribution in [2.75, 3.05) is 6.54 Å². The lowest BCUT2D eigenvalue weighted by Crippen LogP contribution is -2.25. The number of carboxylic acid groups (broad SMARTS) is 1. The van der Waals surface area contributed by atoms with E-state index in [1.54, 1.807) is 0 Å². The Bertz CT molecular complexity index is 557. The van der Waals surface area contributed by atoms with E-state index in [0.717, 1.165) is 16.7 Å². The number of carboxylic acids is 1. The third-order valence-electron chi connectivity index (χ3n) is 3.15. The fourth-order valence-corrected chi connectivity index (χ4v) is 2.06. The normalized spacial score (nSPS) is 11.4. The number of aliphatic carboxylic acids is 1. The van der Waals surface area contributed by atoms with Crippen LogP contribution in [0.2, 0.25) is 0 Å². The van der Waals surface area contributed by atoms with Crippen LogP contribution in [-0.2, 0) is 11.2 Å². The minimum Gasteiger partial charge on any atom is -0.481 e. The van der Waals surface area contributed by atoms with Gasteiger partial charge in [0.15, 0.2) is 0 Å². The third-order valence-corrected chi connectivity index (χ3v) is 3.15. The predicted molar refractivity (Wildman–Crippen MR) is 83.0 cm³/mol. The van der Waals surface area contributed by atoms with Crippen molar-refractivity contribution in [2.24, 2.45) is 11.7 Å². The van der Waals surface area contributed by atoms with Gasteiger partial charge in [-0.25, -0.2) is 0 Å². The number of rotatable bonds is 5. The topological polar surface area (TPSA) is 63.3 Å². The van der Waals surface area contributed by atoms with E-state index >= 15 is 0 Å². The van der Waals surface area contributed by atoms with Gasteiger partial charge in [0.1, 0.15) is 0 Å². The Morgan fingerprint density at radius 3 is 2.30 bits per heavy atom. The van der Waals surface area contributed by atoms with Crippen LogP contribution < -0.4 is 5.73 Å². The molecule has 2 aromatic carbocycles. The van der Waals surface area contributed by atoms with Crippen molar-refractivity contribution < 1.29 is 9.90 Å². The van der Waals surface area contributed by atoms with Gasteiger partial charge in [-0.1, -0.05) is 54.6 Å². The summed E-state index contributed by atoms with van der Waals surface area (Å²) in [5.74, 6) is -1.36. The molecule has 0 bridgehead atoms. The molecule has 0 aromatic heterocycles. The Hall–Kier alpha value is -1.84. The Morgan fingerprint density at radius 2 is 1.70 bits per heavy atom. The van der Waals surface area contributed by atoms with E-state index in [1.165, 1.54) is 0 Å². The van der Waals surface area contributed by atoms with Crippen LogP contribution in [0.25, 0.3) is 11.1 Å². The molecule has 20 heavy (non-hydrogen) atoms. The molecule has 1 atom stereocenters. The van der Waals surface area contributed by atoms with E-state index in [0.29, 0.717) is 6.42 Å².